The molecular weight excluding hydrogens is 498 g/mol. The number of thiol groups is 1. The van der Waals surface area contributed by atoms with Crippen molar-refractivity contribution in [2.45, 2.75) is 43.4 Å². The van der Waals surface area contributed by atoms with Crippen LogP contribution in [0.4, 0.5) is 0 Å². The van der Waals surface area contributed by atoms with Crippen molar-refractivity contribution >= 4 is 54.0 Å². The normalized spacial score (nSPS) is 14.1. The number of phenolic OH excluding ortho intramolecular Hbond substituents is 1. The Morgan fingerprint density at radius 3 is 2.03 bits per heavy atom. The Bertz CT molecular complexity index is 901. The second kappa shape index (κ2) is 15.1. The van der Waals surface area contributed by atoms with Crippen LogP contribution in [0.3, 0.4) is 0 Å². The molecule has 4 unspecified atom stereocenters. The molecule has 1 aromatic carbocycles. The van der Waals surface area contributed by atoms with Crippen LogP contribution < -0.4 is 27.4 Å². The lowest BCUT2D eigenvalue weighted by molar-refractivity contribution is -0.142. The highest BCUT2D eigenvalue weighted by molar-refractivity contribution is 7.98. The monoisotopic (exact) mass is 529 g/mol. The van der Waals surface area contributed by atoms with Crippen molar-refractivity contribution in [2.24, 2.45) is 11.5 Å². The van der Waals surface area contributed by atoms with Gasteiger partial charge in [-0.3, -0.25) is 19.2 Å². The van der Waals surface area contributed by atoms with Gasteiger partial charge in [0.2, 0.25) is 23.6 Å². The number of hydrogen-bond donors (Lipinski definition) is 8. The molecule has 0 bridgehead atoms. The maximum Gasteiger partial charge on any atom is 0.326 e. The Hall–Kier alpha value is -2.97. The predicted molar refractivity (Wildman–Crippen MR) is 134 cm³/mol. The number of carboxylic acids is 1. The van der Waals surface area contributed by atoms with Crippen molar-refractivity contribution in [3.8, 4) is 5.75 Å². The van der Waals surface area contributed by atoms with Crippen LogP contribution in [0.15, 0.2) is 24.3 Å². The molecule has 0 spiro atoms. The van der Waals surface area contributed by atoms with Gasteiger partial charge in [-0.15, -0.1) is 0 Å². The number of rotatable bonds is 15. The van der Waals surface area contributed by atoms with Crippen molar-refractivity contribution < 1.29 is 34.2 Å². The summed E-state index contributed by atoms with van der Waals surface area (Å²) in [6.07, 6.45) is 1.32. The molecule has 9 N–H and O–H groups in total. The Labute approximate surface area is 212 Å². The van der Waals surface area contributed by atoms with Crippen LogP contribution >= 0.6 is 24.4 Å². The second-order valence-corrected chi connectivity index (χ2v) is 8.98. The molecule has 12 nitrogen and oxygen atoms in total. The summed E-state index contributed by atoms with van der Waals surface area (Å²) in [4.78, 5) is 61.1. The lowest BCUT2D eigenvalue weighted by atomic mass is 10.0. The molecule has 4 atom stereocenters. The number of primary amides is 1. The molecule has 0 aliphatic rings. The summed E-state index contributed by atoms with van der Waals surface area (Å²) in [6, 6.07) is 0.895. The van der Waals surface area contributed by atoms with E-state index < -0.39 is 60.2 Å². The summed E-state index contributed by atoms with van der Waals surface area (Å²) in [5.74, 6) is -4.08. The fourth-order valence-corrected chi connectivity index (χ4v) is 3.52. The molecule has 0 radical (unpaired) electrons. The number of amides is 4. The predicted octanol–water partition coefficient (Wildman–Crippen LogP) is -1.64. The summed E-state index contributed by atoms with van der Waals surface area (Å²) in [7, 11) is 0. The molecule has 0 saturated carbocycles. The zero-order chi connectivity index (χ0) is 26.5. The summed E-state index contributed by atoms with van der Waals surface area (Å²) < 4.78 is 0. The fourth-order valence-electron chi connectivity index (χ4n) is 2.89. The Morgan fingerprint density at radius 2 is 1.51 bits per heavy atom. The van der Waals surface area contributed by atoms with E-state index in [0.717, 1.165) is 0 Å². The van der Waals surface area contributed by atoms with Crippen LogP contribution in [-0.4, -0.2) is 81.7 Å². The highest BCUT2D eigenvalue weighted by Crippen LogP contribution is 2.12. The van der Waals surface area contributed by atoms with E-state index in [-0.39, 0.29) is 24.3 Å². The quantitative estimate of drug-likeness (QED) is 0.122. The van der Waals surface area contributed by atoms with Crippen LogP contribution in [0, 0.1) is 0 Å². The third kappa shape index (κ3) is 10.9. The molecule has 1 rings (SSSR count). The first-order chi connectivity index (χ1) is 16.5. The van der Waals surface area contributed by atoms with Gasteiger partial charge >= 0.3 is 5.97 Å². The number of hydrogen-bond acceptors (Lipinski definition) is 9. The zero-order valence-corrected chi connectivity index (χ0v) is 20.8. The maximum atomic E-state index is 13.0. The number of carbonyl (C=O) groups is 5. The zero-order valence-electron chi connectivity index (χ0n) is 19.1. The SMILES string of the molecule is CSCCC(NC(=O)C(Cc1ccc(O)cc1)NC(=O)C(CC(N)=O)NC(=O)C(N)CS)C(=O)O. The minimum Gasteiger partial charge on any atom is -0.508 e. The Morgan fingerprint density at radius 1 is 0.971 bits per heavy atom. The Kier molecular flexibility index (Phi) is 13.0. The van der Waals surface area contributed by atoms with Crippen LogP contribution in [0.1, 0.15) is 18.4 Å². The highest BCUT2D eigenvalue weighted by atomic mass is 32.2. The number of nitrogens with two attached hydrogens (primary N) is 2. The third-order valence-electron chi connectivity index (χ3n) is 4.81. The molecule has 0 aromatic heterocycles. The van der Waals surface area contributed by atoms with Crippen LogP contribution in [0.2, 0.25) is 0 Å². The third-order valence-corrected chi connectivity index (χ3v) is 5.84. The van der Waals surface area contributed by atoms with Gasteiger partial charge in [0.15, 0.2) is 0 Å². The summed E-state index contributed by atoms with van der Waals surface area (Å²) in [5.41, 5.74) is 11.4. The van der Waals surface area contributed by atoms with E-state index in [4.69, 9.17) is 11.5 Å². The number of carboxylic acid groups (broad SMARTS) is 1. The number of benzene rings is 1. The maximum absolute atomic E-state index is 13.0. The molecule has 0 aliphatic heterocycles. The second-order valence-electron chi connectivity index (χ2n) is 7.63. The van der Waals surface area contributed by atoms with E-state index in [9.17, 15) is 34.2 Å². The van der Waals surface area contributed by atoms with Gasteiger partial charge in [-0.1, -0.05) is 12.1 Å². The summed E-state index contributed by atoms with van der Waals surface area (Å²) >= 11 is 5.33. The number of carbonyl (C=O) groups excluding carboxylic acids is 4. The van der Waals surface area contributed by atoms with Gasteiger partial charge in [0.25, 0.3) is 0 Å². The van der Waals surface area contributed by atoms with Crippen molar-refractivity contribution in [2.75, 3.05) is 17.8 Å². The van der Waals surface area contributed by atoms with Gasteiger partial charge in [0.1, 0.15) is 23.9 Å². The van der Waals surface area contributed by atoms with Gasteiger partial charge in [-0.2, -0.15) is 24.4 Å². The standard InChI is InChI=1S/C21H31N5O7S2/c1-35-7-6-14(21(32)33)24-19(30)15(8-11-2-4-12(27)5-3-11)26-20(31)16(9-17(23)28)25-18(29)13(22)10-34/h2-5,13-16,27,34H,6-10,22H2,1H3,(H2,23,28)(H,24,30)(H,25,29)(H,26,31)(H,32,33). The van der Waals surface area contributed by atoms with Crippen molar-refractivity contribution in [1.82, 2.24) is 16.0 Å². The molecule has 1 aromatic rings. The molecule has 35 heavy (non-hydrogen) atoms. The van der Waals surface area contributed by atoms with Crippen molar-refractivity contribution in [3.63, 3.8) is 0 Å². The number of aliphatic carboxylic acids is 1. The van der Waals surface area contributed by atoms with E-state index in [1.165, 1.54) is 36.0 Å². The molecular formula is C21H31N5O7S2. The number of aromatic hydroxyl groups is 1. The van der Waals surface area contributed by atoms with E-state index in [1.807, 2.05) is 0 Å². The van der Waals surface area contributed by atoms with E-state index in [0.29, 0.717) is 11.3 Å². The van der Waals surface area contributed by atoms with Crippen molar-refractivity contribution in [1.29, 1.82) is 0 Å². The van der Waals surface area contributed by atoms with Crippen LogP contribution in [-0.2, 0) is 30.4 Å². The van der Waals surface area contributed by atoms with Crippen molar-refractivity contribution in [3.05, 3.63) is 29.8 Å². The molecule has 0 aliphatic carbocycles. The minimum absolute atomic E-state index is 0.00782. The van der Waals surface area contributed by atoms with Gasteiger partial charge < -0.3 is 37.6 Å². The molecule has 0 saturated heterocycles. The topological polar surface area (TPSA) is 214 Å². The molecule has 0 heterocycles. The van der Waals surface area contributed by atoms with Gasteiger partial charge in [0.05, 0.1) is 12.5 Å². The lowest BCUT2D eigenvalue weighted by Crippen LogP contribution is -2.58. The van der Waals surface area contributed by atoms with E-state index in [1.54, 1.807) is 6.26 Å². The first kappa shape index (κ1) is 30.1. The minimum atomic E-state index is -1.42. The average molecular weight is 530 g/mol. The smallest absolute Gasteiger partial charge is 0.326 e. The molecule has 0 fully saturated rings. The van der Waals surface area contributed by atoms with Crippen LogP contribution in [0.25, 0.3) is 0 Å². The van der Waals surface area contributed by atoms with Gasteiger partial charge in [-0.25, -0.2) is 4.79 Å². The largest absolute Gasteiger partial charge is 0.508 e. The fraction of sp³-hybridized carbons (Fsp3) is 0.476. The number of nitrogens with one attached hydrogen (secondary N) is 3. The lowest BCUT2D eigenvalue weighted by Gasteiger charge is -2.25. The van der Waals surface area contributed by atoms with E-state index >= 15 is 0 Å². The molecule has 4 amide bonds. The van der Waals surface area contributed by atoms with Gasteiger partial charge in [-0.05, 0) is 36.1 Å². The summed E-state index contributed by atoms with van der Waals surface area (Å²) in [5, 5.41) is 26.1. The van der Waals surface area contributed by atoms with E-state index in [2.05, 4.69) is 28.6 Å². The first-order valence-electron chi connectivity index (χ1n) is 10.5. The number of thioether (sulfide) groups is 1. The first-order valence-corrected chi connectivity index (χ1v) is 12.6. The molecule has 14 heteroatoms. The average Bonchev–Trinajstić information content (AvgIpc) is 2.80. The Balaban J connectivity index is 3.14. The highest BCUT2D eigenvalue weighted by Gasteiger charge is 2.31. The number of phenols is 1. The van der Waals surface area contributed by atoms with Crippen LogP contribution in [0.5, 0.6) is 5.75 Å². The van der Waals surface area contributed by atoms with Gasteiger partial charge in [0, 0.05) is 12.2 Å². The molecule has 194 valence electrons. The summed E-state index contributed by atoms with van der Waals surface area (Å²) in [6.45, 7) is 0.